The van der Waals surface area contributed by atoms with E-state index in [-0.39, 0.29) is 23.8 Å². The molecule has 4 fully saturated rings. The van der Waals surface area contributed by atoms with E-state index in [2.05, 4.69) is 15.6 Å². The van der Waals surface area contributed by atoms with Gasteiger partial charge in [0.05, 0.1) is 12.2 Å². The number of pyridine rings is 1. The van der Waals surface area contributed by atoms with Crippen molar-refractivity contribution >= 4 is 17.5 Å². The molecule has 4 bridgehead atoms. The average Bonchev–Trinajstić information content (AvgIpc) is 3.07. The first kappa shape index (κ1) is 18.6. The lowest BCUT2D eigenvalue weighted by molar-refractivity contribution is -0.131. The van der Waals surface area contributed by atoms with Crippen molar-refractivity contribution in [3.05, 3.63) is 36.3 Å². The number of rotatable bonds is 7. The highest BCUT2D eigenvalue weighted by atomic mass is 16.2. The summed E-state index contributed by atoms with van der Waals surface area (Å²) in [4.78, 5) is 29.2. The van der Waals surface area contributed by atoms with Crippen molar-refractivity contribution in [2.45, 2.75) is 51.4 Å². The summed E-state index contributed by atoms with van der Waals surface area (Å²) in [5.74, 6) is 2.45. The molecule has 4 aliphatic rings. The van der Waals surface area contributed by atoms with Crippen LogP contribution in [0.4, 0.5) is 0 Å². The van der Waals surface area contributed by atoms with E-state index in [1.165, 1.54) is 38.5 Å². The van der Waals surface area contributed by atoms with Crippen LogP contribution in [0.1, 0.15) is 50.6 Å². The lowest BCUT2D eigenvalue weighted by Crippen LogP contribution is -2.48. The molecular weight excluding hydrogens is 364 g/mol. The summed E-state index contributed by atoms with van der Waals surface area (Å²) in [6.07, 6.45) is 13.0. The summed E-state index contributed by atoms with van der Waals surface area (Å²) in [7, 11) is 0. The van der Waals surface area contributed by atoms with Gasteiger partial charge in [0.15, 0.2) is 0 Å². The van der Waals surface area contributed by atoms with E-state index in [1.807, 2.05) is 35.0 Å². The van der Waals surface area contributed by atoms with Crippen LogP contribution < -0.4 is 10.6 Å². The maximum atomic E-state index is 12.5. The summed E-state index contributed by atoms with van der Waals surface area (Å²) < 4.78 is 1.97. The molecule has 154 valence electrons. The highest BCUT2D eigenvalue weighted by Gasteiger charge is 2.51. The highest BCUT2D eigenvalue weighted by molar-refractivity contribution is 5.84. The third-order valence-electron chi connectivity index (χ3n) is 7.26. The Hall–Kier alpha value is -2.37. The van der Waals surface area contributed by atoms with E-state index in [1.54, 1.807) is 0 Å². The topological polar surface area (TPSA) is 75.5 Å². The Balaban J connectivity index is 1.05. The molecule has 6 heteroatoms. The lowest BCUT2D eigenvalue weighted by atomic mass is 9.49. The number of nitrogens with zero attached hydrogens (tertiary/aromatic N) is 2. The number of imidazole rings is 1. The van der Waals surface area contributed by atoms with Crippen LogP contribution >= 0.6 is 0 Å². The minimum absolute atomic E-state index is 0.0439. The predicted molar refractivity (Wildman–Crippen MR) is 110 cm³/mol. The number of hydrogen-bond acceptors (Lipinski definition) is 3. The van der Waals surface area contributed by atoms with Gasteiger partial charge in [-0.25, -0.2) is 4.98 Å². The Morgan fingerprint density at radius 1 is 1.03 bits per heavy atom. The Morgan fingerprint density at radius 2 is 1.76 bits per heavy atom. The third kappa shape index (κ3) is 4.02. The van der Waals surface area contributed by atoms with Gasteiger partial charge >= 0.3 is 0 Å². The molecule has 2 N–H and O–H groups in total. The van der Waals surface area contributed by atoms with Gasteiger partial charge in [-0.2, -0.15) is 0 Å². The molecule has 0 saturated heterocycles. The number of amides is 2. The Morgan fingerprint density at radius 3 is 2.45 bits per heavy atom. The quantitative estimate of drug-likeness (QED) is 0.758. The molecule has 0 atom stereocenters. The standard InChI is InChI=1S/C23H30N4O2/c28-21(13-23-10-16-7-17(11-23)9-18(8-16)12-23)25-14-22(29)24-5-4-19-15-27-6-2-1-3-20(27)26-19/h1-3,6,15-18H,4-5,7-14H2,(H,24,29)(H,25,28). The fourth-order valence-corrected chi connectivity index (χ4v) is 6.59. The fraction of sp³-hybridized carbons (Fsp3) is 0.609. The van der Waals surface area contributed by atoms with E-state index < -0.39 is 0 Å². The molecule has 4 aliphatic carbocycles. The third-order valence-corrected chi connectivity index (χ3v) is 7.26. The van der Waals surface area contributed by atoms with Gasteiger partial charge in [0, 0.05) is 31.8 Å². The number of aromatic nitrogens is 2. The number of carbonyl (C=O) groups is 2. The van der Waals surface area contributed by atoms with Gasteiger partial charge in [-0.3, -0.25) is 9.59 Å². The van der Waals surface area contributed by atoms with Crippen molar-refractivity contribution in [3.8, 4) is 0 Å². The molecule has 4 saturated carbocycles. The molecule has 0 spiro atoms. The number of hydrogen-bond donors (Lipinski definition) is 2. The minimum atomic E-state index is -0.132. The molecule has 6 rings (SSSR count). The average molecular weight is 395 g/mol. The van der Waals surface area contributed by atoms with Crippen LogP contribution in [0.2, 0.25) is 0 Å². The maximum absolute atomic E-state index is 12.5. The second kappa shape index (κ2) is 7.47. The largest absolute Gasteiger partial charge is 0.354 e. The van der Waals surface area contributed by atoms with E-state index in [4.69, 9.17) is 0 Å². The van der Waals surface area contributed by atoms with E-state index in [9.17, 15) is 9.59 Å². The second-order valence-electron chi connectivity index (χ2n) is 9.67. The molecule has 29 heavy (non-hydrogen) atoms. The molecule has 0 aromatic carbocycles. The summed E-state index contributed by atoms with van der Waals surface area (Å²) >= 11 is 0. The van der Waals surface area contributed by atoms with Crippen molar-refractivity contribution < 1.29 is 9.59 Å². The Kier molecular flexibility index (Phi) is 4.80. The van der Waals surface area contributed by atoms with Gasteiger partial charge < -0.3 is 15.0 Å². The molecule has 6 nitrogen and oxygen atoms in total. The molecular formula is C23H30N4O2. The lowest BCUT2D eigenvalue weighted by Gasteiger charge is -2.56. The zero-order valence-electron chi connectivity index (χ0n) is 16.9. The first-order valence-corrected chi connectivity index (χ1v) is 11.0. The number of nitrogens with one attached hydrogen (secondary N) is 2. The molecule has 0 unspecified atom stereocenters. The van der Waals surface area contributed by atoms with E-state index >= 15 is 0 Å². The van der Waals surface area contributed by atoms with Gasteiger partial charge in [0.25, 0.3) is 0 Å². The number of carbonyl (C=O) groups excluding carboxylic acids is 2. The zero-order chi connectivity index (χ0) is 19.8. The first-order chi connectivity index (χ1) is 14.1. The van der Waals surface area contributed by atoms with Gasteiger partial charge in [0.1, 0.15) is 5.65 Å². The Labute approximate surface area is 171 Å². The normalized spacial score (nSPS) is 29.9. The SMILES string of the molecule is O=C(CNC(=O)CC12CC3CC(CC(C3)C1)C2)NCCc1cn2ccccc2n1. The molecule has 2 heterocycles. The van der Waals surface area contributed by atoms with Crippen LogP contribution in [0.25, 0.3) is 5.65 Å². The van der Waals surface area contributed by atoms with Crippen molar-refractivity contribution in [1.82, 2.24) is 20.0 Å². The van der Waals surface area contributed by atoms with Crippen LogP contribution in [-0.2, 0) is 16.0 Å². The predicted octanol–water partition coefficient (Wildman–Crippen LogP) is 2.72. The zero-order valence-corrected chi connectivity index (χ0v) is 16.9. The van der Waals surface area contributed by atoms with Crippen molar-refractivity contribution in [2.75, 3.05) is 13.1 Å². The minimum Gasteiger partial charge on any atom is -0.354 e. The molecule has 0 radical (unpaired) electrons. The second-order valence-corrected chi connectivity index (χ2v) is 9.67. The van der Waals surface area contributed by atoms with Gasteiger partial charge in [0.2, 0.25) is 11.8 Å². The van der Waals surface area contributed by atoms with Crippen LogP contribution in [0.15, 0.2) is 30.6 Å². The van der Waals surface area contributed by atoms with Crippen molar-refractivity contribution in [3.63, 3.8) is 0 Å². The van der Waals surface area contributed by atoms with Crippen LogP contribution in [0.5, 0.6) is 0 Å². The molecule has 2 aromatic rings. The summed E-state index contributed by atoms with van der Waals surface area (Å²) in [5, 5.41) is 5.74. The summed E-state index contributed by atoms with van der Waals surface area (Å²) in [5.41, 5.74) is 2.08. The highest BCUT2D eigenvalue weighted by Crippen LogP contribution is 2.61. The fourth-order valence-electron chi connectivity index (χ4n) is 6.59. The van der Waals surface area contributed by atoms with Crippen molar-refractivity contribution in [1.29, 1.82) is 0 Å². The van der Waals surface area contributed by atoms with Gasteiger partial charge in [-0.1, -0.05) is 6.07 Å². The van der Waals surface area contributed by atoms with Gasteiger partial charge in [-0.15, -0.1) is 0 Å². The summed E-state index contributed by atoms with van der Waals surface area (Å²) in [6.45, 7) is 0.587. The molecule has 0 aliphatic heterocycles. The first-order valence-electron chi connectivity index (χ1n) is 11.0. The summed E-state index contributed by atoms with van der Waals surface area (Å²) in [6, 6.07) is 5.88. The monoisotopic (exact) mass is 394 g/mol. The molecule has 2 aromatic heterocycles. The van der Waals surface area contributed by atoms with Crippen LogP contribution in [0.3, 0.4) is 0 Å². The van der Waals surface area contributed by atoms with E-state index in [0.29, 0.717) is 19.4 Å². The Bertz CT molecular complexity index is 850. The molecule has 2 amide bonds. The maximum Gasteiger partial charge on any atom is 0.239 e. The van der Waals surface area contributed by atoms with Crippen LogP contribution in [0, 0.1) is 23.2 Å². The smallest absolute Gasteiger partial charge is 0.239 e. The van der Waals surface area contributed by atoms with Gasteiger partial charge in [-0.05, 0) is 73.8 Å². The van der Waals surface area contributed by atoms with E-state index in [0.717, 1.165) is 29.1 Å². The number of fused-ring (bicyclic) bond motifs is 1. The van der Waals surface area contributed by atoms with Crippen molar-refractivity contribution in [2.24, 2.45) is 23.2 Å². The van der Waals surface area contributed by atoms with Crippen LogP contribution in [-0.4, -0.2) is 34.3 Å².